The lowest BCUT2D eigenvalue weighted by Gasteiger charge is -2.35. The van der Waals surface area contributed by atoms with E-state index in [1.165, 1.54) is 0 Å². The molecular weight excluding hydrogens is 364 g/mol. The van der Waals surface area contributed by atoms with E-state index in [4.69, 9.17) is 4.74 Å². The van der Waals surface area contributed by atoms with Gasteiger partial charge in [0.2, 0.25) is 0 Å². The first kappa shape index (κ1) is 19.1. The Morgan fingerprint density at radius 1 is 0.966 bits per heavy atom. The molecule has 4 rings (SSSR count). The smallest absolute Gasteiger partial charge is 0.176 e. The molecule has 0 aliphatic carbocycles. The van der Waals surface area contributed by atoms with Gasteiger partial charge in [-0.3, -0.25) is 14.7 Å². The molecule has 6 heteroatoms. The molecule has 0 unspecified atom stereocenters. The van der Waals surface area contributed by atoms with Gasteiger partial charge in [-0.2, -0.15) is 0 Å². The van der Waals surface area contributed by atoms with E-state index in [1.807, 2.05) is 48.7 Å². The van der Waals surface area contributed by atoms with Gasteiger partial charge >= 0.3 is 0 Å². The van der Waals surface area contributed by atoms with E-state index in [0.29, 0.717) is 17.9 Å². The number of benzene rings is 1. The number of pyridine rings is 2. The molecule has 148 valence electrons. The summed E-state index contributed by atoms with van der Waals surface area (Å²) in [5.74, 6) is 1.77. The van der Waals surface area contributed by atoms with Crippen molar-refractivity contribution in [3.63, 3.8) is 0 Å². The molecule has 1 aliphatic rings. The first-order valence-corrected chi connectivity index (χ1v) is 9.75. The zero-order chi connectivity index (χ0) is 20.1. The van der Waals surface area contributed by atoms with Crippen LogP contribution >= 0.6 is 0 Å². The lowest BCUT2D eigenvalue weighted by molar-refractivity contribution is 0.0926. The second-order valence-electron chi connectivity index (χ2n) is 7.01. The quantitative estimate of drug-likeness (QED) is 0.605. The van der Waals surface area contributed by atoms with Gasteiger partial charge in [0.1, 0.15) is 11.6 Å². The maximum atomic E-state index is 12.6. The molecule has 0 amide bonds. The minimum absolute atomic E-state index is 0.115. The molecule has 1 aliphatic heterocycles. The van der Waals surface area contributed by atoms with Crippen molar-refractivity contribution in [3.05, 3.63) is 72.6 Å². The molecular formula is C23H24N4O2. The highest BCUT2D eigenvalue weighted by Gasteiger charge is 2.22. The Labute approximate surface area is 170 Å². The molecule has 0 saturated carbocycles. The molecule has 0 N–H and O–H groups in total. The predicted molar refractivity (Wildman–Crippen MR) is 113 cm³/mol. The number of piperazine rings is 1. The van der Waals surface area contributed by atoms with Gasteiger partial charge in [0, 0.05) is 49.7 Å². The Hall–Kier alpha value is -3.25. The predicted octanol–water partition coefficient (Wildman–Crippen LogP) is 3.16. The molecule has 1 fully saturated rings. The second-order valence-corrected chi connectivity index (χ2v) is 7.01. The van der Waals surface area contributed by atoms with Crippen LogP contribution in [0.25, 0.3) is 11.3 Å². The Bertz CT molecular complexity index is 969. The normalized spacial score (nSPS) is 14.6. The van der Waals surface area contributed by atoms with E-state index in [-0.39, 0.29) is 5.78 Å². The van der Waals surface area contributed by atoms with Gasteiger partial charge in [0.05, 0.1) is 19.3 Å². The van der Waals surface area contributed by atoms with E-state index < -0.39 is 0 Å². The number of hydrogen-bond donors (Lipinski definition) is 0. The van der Waals surface area contributed by atoms with Crippen LogP contribution in [-0.4, -0.2) is 60.5 Å². The molecule has 2 aromatic heterocycles. The summed E-state index contributed by atoms with van der Waals surface area (Å²) in [7, 11) is 1.61. The van der Waals surface area contributed by atoms with Crippen molar-refractivity contribution in [1.29, 1.82) is 0 Å². The van der Waals surface area contributed by atoms with Crippen molar-refractivity contribution in [2.24, 2.45) is 0 Å². The van der Waals surface area contributed by atoms with Crippen LogP contribution in [0.5, 0.6) is 5.75 Å². The average molecular weight is 388 g/mol. The topological polar surface area (TPSA) is 58.6 Å². The largest absolute Gasteiger partial charge is 0.497 e. The van der Waals surface area contributed by atoms with Crippen LogP contribution in [0.1, 0.15) is 10.4 Å². The van der Waals surface area contributed by atoms with Gasteiger partial charge in [-0.15, -0.1) is 0 Å². The molecule has 6 nitrogen and oxygen atoms in total. The maximum absolute atomic E-state index is 12.6. The summed E-state index contributed by atoms with van der Waals surface area (Å²) in [4.78, 5) is 26.2. The first-order chi connectivity index (χ1) is 14.2. The Morgan fingerprint density at radius 2 is 1.79 bits per heavy atom. The van der Waals surface area contributed by atoms with Crippen LogP contribution in [0.3, 0.4) is 0 Å². The standard InChI is InChI=1S/C23H24N4O2/c1-29-19-7-4-6-18(16-19)22(28)17-26-12-14-27(15-13-26)23-20(8-5-11-25-23)21-9-2-3-10-24-21/h2-11,16H,12-15,17H2,1H3. The summed E-state index contributed by atoms with van der Waals surface area (Å²) in [6, 6.07) is 17.2. The van der Waals surface area contributed by atoms with Crippen molar-refractivity contribution in [1.82, 2.24) is 14.9 Å². The van der Waals surface area contributed by atoms with Gasteiger partial charge in [0.25, 0.3) is 0 Å². The van der Waals surface area contributed by atoms with Crippen LogP contribution in [0.4, 0.5) is 5.82 Å². The number of Topliss-reactive ketones (excluding diaryl/α,β-unsaturated/α-hetero) is 1. The molecule has 0 spiro atoms. The van der Waals surface area contributed by atoms with Gasteiger partial charge in [-0.05, 0) is 36.4 Å². The third-order valence-electron chi connectivity index (χ3n) is 5.16. The SMILES string of the molecule is COc1cccc(C(=O)CN2CCN(c3ncccc3-c3ccccn3)CC2)c1. The Morgan fingerprint density at radius 3 is 2.55 bits per heavy atom. The third-order valence-corrected chi connectivity index (χ3v) is 5.16. The zero-order valence-electron chi connectivity index (χ0n) is 16.5. The van der Waals surface area contributed by atoms with Crippen molar-refractivity contribution >= 4 is 11.6 Å². The van der Waals surface area contributed by atoms with Crippen molar-refractivity contribution in [2.75, 3.05) is 44.7 Å². The summed E-state index contributed by atoms with van der Waals surface area (Å²) < 4.78 is 5.22. The van der Waals surface area contributed by atoms with Crippen molar-refractivity contribution < 1.29 is 9.53 Å². The van der Waals surface area contributed by atoms with E-state index in [1.54, 1.807) is 19.4 Å². The summed E-state index contributed by atoms with van der Waals surface area (Å²) in [5, 5.41) is 0. The number of anilines is 1. The fourth-order valence-corrected chi connectivity index (χ4v) is 3.58. The lowest BCUT2D eigenvalue weighted by Crippen LogP contribution is -2.48. The molecule has 0 atom stereocenters. The van der Waals surface area contributed by atoms with Gasteiger partial charge in [-0.25, -0.2) is 4.98 Å². The number of ether oxygens (including phenoxy) is 1. The number of aromatic nitrogens is 2. The molecule has 0 bridgehead atoms. The maximum Gasteiger partial charge on any atom is 0.176 e. The van der Waals surface area contributed by atoms with Crippen LogP contribution in [0.2, 0.25) is 0 Å². The molecule has 1 aromatic carbocycles. The van der Waals surface area contributed by atoms with Crippen molar-refractivity contribution in [2.45, 2.75) is 0 Å². The van der Waals surface area contributed by atoms with Gasteiger partial charge in [0.15, 0.2) is 5.78 Å². The molecule has 29 heavy (non-hydrogen) atoms. The Kier molecular flexibility index (Phi) is 5.81. The van der Waals surface area contributed by atoms with Crippen molar-refractivity contribution in [3.8, 4) is 17.0 Å². The Balaban J connectivity index is 1.41. The van der Waals surface area contributed by atoms with Crippen LogP contribution < -0.4 is 9.64 Å². The molecule has 3 heterocycles. The highest BCUT2D eigenvalue weighted by Crippen LogP contribution is 2.27. The minimum Gasteiger partial charge on any atom is -0.497 e. The highest BCUT2D eigenvalue weighted by molar-refractivity contribution is 5.98. The van der Waals surface area contributed by atoms with Gasteiger partial charge < -0.3 is 9.64 Å². The van der Waals surface area contributed by atoms with Gasteiger partial charge in [-0.1, -0.05) is 18.2 Å². The van der Waals surface area contributed by atoms with Crippen LogP contribution in [0.15, 0.2) is 67.0 Å². The summed E-state index contributed by atoms with van der Waals surface area (Å²) >= 11 is 0. The lowest BCUT2D eigenvalue weighted by atomic mass is 10.1. The number of methoxy groups -OCH3 is 1. The average Bonchev–Trinajstić information content (AvgIpc) is 2.80. The van der Waals surface area contributed by atoms with E-state index in [9.17, 15) is 4.79 Å². The van der Waals surface area contributed by atoms with Crippen LogP contribution in [0, 0.1) is 0 Å². The number of hydrogen-bond acceptors (Lipinski definition) is 6. The molecule has 0 radical (unpaired) electrons. The minimum atomic E-state index is 0.115. The monoisotopic (exact) mass is 388 g/mol. The summed E-state index contributed by atoms with van der Waals surface area (Å²) in [5.41, 5.74) is 2.65. The van der Waals surface area contributed by atoms with E-state index >= 15 is 0 Å². The van der Waals surface area contributed by atoms with E-state index in [0.717, 1.165) is 43.3 Å². The first-order valence-electron chi connectivity index (χ1n) is 9.75. The number of carbonyl (C=O) groups is 1. The second kappa shape index (κ2) is 8.84. The zero-order valence-corrected chi connectivity index (χ0v) is 16.5. The number of carbonyl (C=O) groups excluding carboxylic acids is 1. The van der Waals surface area contributed by atoms with E-state index in [2.05, 4.69) is 25.8 Å². The third kappa shape index (κ3) is 4.43. The fraction of sp³-hybridized carbons (Fsp3) is 0.261. The summed E-state index contributed by atoms with van der Waals surface area (Å²) in [6.07, 6.45) is 3.62. The fourth-order valence-electron chi connectivity index (χ4n) is 3.58. The molecule has 1 saturated heterocycles. The number of rotatable bonds is 6. The number of nitrogens with zero attached hydrogens (tertiary/aromatic N) is 4. The summed E-state index contributed by atoms with van der Waals surface area (Å²) in [6.45, 7) is 3.68. The number of ketones is 1. The van der Waals surface area contributed by atoms with Crippen LogP contribution in [-0.2, 0) is 0 Å². The highest BCUT2D eigenvalue weighted by atomic mass is 16.5. The molecule has 3 aromatic rings.